The first-order valence-electron chi connectivity index (χ1n) is 7.03. The Hall–Kier alpha value is -1.81. The van der Waals surface area contributed by atoms with E-state index in [2.05, 4.69) is 41.4 Å². The number of fused-ring (bicyclic) bond motifs is 1. The molecule has 2 heterocycles. The fourth-order valence-electron chi connectivity index (χ4n) is 2.49. The summed E-state index contributed by atoms with van der Waals surface area (Å²) in [6.45, 7) is 3.79. The summed E-state index contributed by atoms with van der Waals surface area (Å²) in [5.41, 5.74) is 2.66. The molecule has 0 spiro atoms. The predicted octanol–water partition coefficient (Wildman–Crippen LogP) is 3.58. The van der Waals surface area contributed by atoms with E-state index in [0.717, 1.165) is 35.8 Å². The van der Waals surface area contributed by atoms with Crippen molar-refractivity contribution in [3.05, 3.63) is 46.8 Å². The lowest BCUT2D eigenvalue weighted by Gasteiger charge is -2.16. The van der Waals surface area contributed by atoms with Crippen molar-refractivity contribution in [3.8, 4) is 0 Å². The van der Waals surface area contributed by atoms with Crippen LogP contribution in [0.3, 0.4) is 0 Å². The van der Waals surface area contributed by atoms with Gasteiger partial charge in [-0.15, -0.1) is 11.3 Å². The third-order valence-corrected chi connectivity index (χ3v) is 4.61. The minimum atomic E-state index is 0.0376. The van der Waals surface area contributed by atoms with Crippen LogP contribution < -0.4 is 10.2 Å². The number of thiophene rings is 1. The zero-order chi connectivity index (χ0) is 13.9. The second-order valence-corrected chi connectivity index (χ2v) is 5.99. The summed E-state index contributed by atoms with van der Waals surface area (Å²) >= 11 is 1.57. The molecule has 0 unspecified atom stereocenters. The zero-order valence-corrected chi connectivity index (χ0v) is 12.4. The second kappa shape index (κ2) is 5.67. The van der Waals surface area contributed by atoms with E-state index < -0.39 is 0 Å². The summed E-state index contributed by atoms with van der Waals surface area (Å²) in [6.07, 6.45) is 2.04. The lowest BCUT2D eigenvalue weighted by atomic mass is 10.2. The molecule has 1 N–H and O–H groups in total. The predicted molar refractivity (Wildman–Crippen MR) is 84.1 cm³/mol. The first-order valence-corrected chi connectivity index (χ1v) is 7.84. The Morgan fingerprint density at radius 3 is 3.00 bits per heavy atom. The number of nitrogens with one attached hydrogen (secondary N) is 1. The van der Waals surface area contributed by atoms with Crippen molar-refractivity contribution in [3.63, 3.8) is 0 Å². The largest absolute Gasteiger partial charge is 0.351 e. The molecule has 0 atom stereocenters. The molecule has 3 nitrogen and oxygen atoms in total. The smallest absolute Gasteiger partial charge is 0.261 e. The van der Waals surface area contributed by atoms with Gasteiger partial charge in [-0.05, 0) is 36.6 Å². The molecule has 0 bridgehead atoms. The van der Waals surface area contributed by atoms with Crippen molar-refractivity contribution in [1.29, 1.82) is 0 Å². The Morgan fingerprint density at radius 2 is 2.15 bits per heavy atom. The molecule has 2 aromatic rings. The van der Waals surface area contributed by atoms with Crippen molar-refractivity contribution >= 4 is 27.9 Å². The first-order chi connectivity index (χ1) is 9.79. The van der Waals surface area contributed by atoms with Gasteiger partial charge in [0.2, 0.25) is 0 Å². The average molecular weight is 286 g/mol. The Kier molecular flexibility index (Phi) is 3.74. The van der Waals surface area contributed by atoms with E-state index in [1.807, 2.05) is 12.1 Å². The molecule has 0 saturated carbocycles. The summed E-state index contributed by atoms with van der Waals surface area (Å²) in [4.78, 5) is 15.0. The van der Waals surface area contributed by atoms with Gasteiger partial charge in [-0.2, -0.15) is 0 Å². The Balaban J connectivity index is 1.80. The third-order valence-electron chi connectivity index (χ3n) is 3.50. The zero-order valence-electron chi connectivity index (χ0n) is 11.6. The molecule has 1 aromatic carbocycles. The Labute approximate surface area is 123 Å². The minimum Gasteiger partial charge on any atom is -0.351 e. The lowest BCUT2D eigenvalue weighted by molar-refractivity contribution is 0.0957. The van der Waals surface area contributed by atoms with Crippen molar-refractivity contribution in [2.24, 2.45) is 0 Å². The summed E-state index contributed by atoms with van der Waals surface area (Å²) in [5.74, 6) is 0.0376. The third kappa shape index (κ3) is 2.43. The van der Waals surface area contributed by atoms with Crippen molar-refractivity contribution < 1.29 is 4.79 Å². The van der Waals surface area contributed by atoms with Crippen molar-refractivity contribution in [2.75, 3.05) is 18.0 Å². The number of carbonyl (C=O) groups is 1. The first kappa shape index (κ1) is 13.2. The normalized spacial score (nSPS) is 13.3. The maximum absolute atomic E-state index is 12.0. The van der Waals surface area contributed by atoms with Crippen LogP contribution in [0.2, 0.25) is 0 Å². The number of hydrogen-bond acceptors (Lipinski definition) is 3. The number of rotatable bonds is 4. The highest BCUT2D eigenvalue weighted by Gasteiger charge is 2.21. The number of hydrogen-bond donors (Lipinski definition) is 1. The Morgan fingerprint density at radius 1 is 1.30 bits per heavy atom. The maximum Gasteiger partial charge on any atom is 0.261 e. The number of carbonyl (C=O) groups excluding carboxylic acids is 1. The van der Waals surface area contributed by atoms with Gasteiger partial charge < -0.3 is 10.2 Å². The van der Waals surface area contributed by atoms with Crippen LogP contribution in [0.4, 0.5) is 10.7 Å². The monoisotopic (exact) mass is 286 g/mol. The van der Waals surface area contributed by atoms with Gasteiger partial charge in [-0.25, -0.2) is 0 Å². The molecule has 0 aliphatic carbocycles. The standard InChI is InChI=1S/C16H18N2OS/c1-2-10-17-16(19)14-7-8-15(20-14)18-11-9-12-5-3-4-6-13(12)18/h3-8H,2,9-11H2,1H3,(H,17,19). The highest BCUT2D eigenvalue weighted by molar-refractivity contribution is 7.18. The van der Waals surface area contributed by atoms with Crippen LogP contribution in [0.25, 0.3) is 0 Å². The second-order valence-electron chi connectivity index (χ2n) is 4.92. The van der Waals surface area contributed by atoms with Gasteiger partial charge in [-0.3, -0.25) is 4.79 Å². The minimum absolute atomic E-state index is 0.0376. The lowest BCUT2D eigenvalue weighted by Crippen LogP contribution is -2.22. The number of benzene rings is 1. The van der Waals surface area contributed by atoms with E-state index >= 15 is 0 Å². The van der Waals surface area contributed by atoms with Gasteiger partial charge in [0.05, 0.1) is 9.88 Å². The molecular weight excluding hydrogens is 268 g/mol. The van der Waals surface area contributed by atoms with E-state index in [1.54, 1.807) is 11.3 Å². The topological polar surface area (TPSA) is 32.3 Å². The summed E-state index contributed by atoms with van der Waals surface area (Å²) in [6, 6.07) is 12.5. The Bertz CT molecular complexity index is 620. The van der Waals surface area contributed by atoms with Crippen LogP contribution in [-0.2, 0) is 6.42 Å². The molecule has 1 amide bonds. The van der Waals surface area contributed by atoms with Crippen LogP contribution in [0.1, 0.15) is 28.6 Å². The summed E-state index contributed by atoms with van der Waals surface area (Å²) in [7, 11) is 0. The van der Waals surface area contributed by atoms with Crippen LogP contribution >= 0.6 is 11.3 Å². The van der Waals surface area contributed by atoms with E-state index in [9.17, 15) is 4.79 Å². The number of nitrogens with zero attached hydrogens (tertiary/aromatic N) is 1. The molecule has 1 aliphatic heterocycles. The fraction of sp³-hybridized carbons (Fsp3) is 0.312. The van der Waals surface area contributed by atoms with Gasteiger partial charge in [0.25, 0.3) is 5.91 Å². The molecular formula is C16H18N2OS. The number of amides is 1. The highest BCUT2D eigenvalue weighted by atomic mass is 32.1. The van der Waals surface area contributed by atoms with E-state index in [4.69, 9.17) is 0 Å². The van der Waals surface area contributed by atoms with Gasteiger partial charge >= 0.3 is 0 Å². The molecule has 0 saturated heterocycles. The molecule has 0 fully saturated rings. The average Bonchev–Trinajstić information content (AvgIpc) is 3.10. The van der Waals surface area contributed by atoms with Gasteiger partial charge in [-0.1, -0.05) is 25.1 Å². The molecule has 3 rings (SSSR count). The molecule has 0 radical (unpaired) electrons. The SMILES string of the molecule is CCCNC(=O)c1ccc(N2CCc3ccccc32)s1. The molecule has 1 aliphatic rings. The molecule has 4 heteroatoms. The van der Waals surface area contributed by atoms with Gasteiger partial charge in [0, 0.05) is 18.8 Å². The van der Waals surface area contributed by atoms with Crippen LogP contribution in [-0.4, -0.2) is 19.0 Å². The maximum atomic E-state index is 12.0. The van der Waals surface area contributed by atoms with E-state index in [-0.39, 0.29) is 5.91 Å². The van der Waals surface area contributed by atoms with Crippen LogP contribution in [0.15, 0.2) is 36.4 Å². The van der Waals surface area contributed by atoms with Crippen molar-refractivity contribution in [1.82, 2.24) is 5.32 Å². The van der Waals surface area contributed by atoms with Gasteiger partial charge in [0.1, 0.15) is 0 Å². The quantitative estimate of drug-likeness (QED) is 0.931. The fourth-order valence-corrected chi connectivity index (χ4v) is 3.45. The van der Waals surface area contributed by atoms with E-state index in [0.29, 0.717) is 0 Å². The number of para-hydroxylation sites is 1. The number of anilines is 2. The van der Waals surface area contributed by atoms with Crippen LogP contribution in [0, 0.1) is 0 Å². The van der Waals surface area contributed by atoms with Gasteiger partial charge in [0.15, 0.2) is 0 Å². The van der Waals surface area contributed by atoms with E-state index in [1.165, 1.54) is 11.3 Å². The van der Waals surface area contributed by atoms with Crippen LogP contribution in [0.5, 0.6) is 0 Å². The highest BCUT2D eigenvalue weighted by Crippen LogP contribution is 2.37. The molecule has 104 valence electrons. The van der Waals surface area contributed by atoms with Crippen molar-refractivity contribution in [2.45, 2.75) is 19.8 Å². The summed E-state index contributed by atoms with van der Waals surface area (Å²) < 4.78 is 0. The summed E-state index contributed by atoms with van der Waals surface area (Å²) in [5, 5.41) is 4.07. The molecule has 1 aromatic heterocycles. The molecule has 20 heavy (non-hydrogen) atoms.